The Morgan fingerprint density at radius 2 is 1.67 bits per heavy atom. The first-order valence-electron chi connectivity index (χ1n) is 7.78. The van der Waals surface area contributed by atoms with Crippen LogP contribution in [0.1, 0.15) is 26.3 Å². The van der Waals surface area contributed by atoms with Crippen LogP contribution in [0.15, 0.2) is 53.4 Å². The molecule has 0 bridgehead atoms. The Hall–Kier alpha value is -2.14. The van der Waals surface area contributed by atoms with E-state index in [0.717, 1.165) is 11.3 Å². The second-order valence-electron chi connectivity index (χ2n) is 6.71. The second-order valence-corrected chi connectivity index (χ2v) is 8.06. The molecule has 0 heterocycles. The van der Waals surface area contributed by atoms with Crippen LogP contribution in [0.3, 0.4) is 0 Å². The predicted octanol–water partition coefficient (Wildman–Crippen LogP) is 4.39. The molecule has 2 aromatic rings. The van der Waals surface area contributed by atoms with Crippen LogP contribution >= 0.6 is 0 Å². The van der Waals surface area contributed by atoms with Crippen molar-refractivity contribution in [2.45, 2.75) is 31.1 Å². The zero-order valence-electron chi connectivity index (χ0n) is 14.8. The van der Waals surface area contributed by atoms with Crippen molar-refractivity contribution in [3.05, 3.63) is 54.1 Å². The van der Waals surface area contributed by atoms with E-state index in [1.54, 1.807) is 18.2 Å². The van der Waals surface area contributed by atoms with Crippen molar-refractivity contribution in [1.29, 1.82) is 0 Å². The lowest BCUT2D eigenvalue weighted by atomic mass is 9.85. The van der Waals surface area contributed by atoms with Crippen LogP contribution in [-0.2, 0) is 16.2 Å². The molecule has 1 N–H and O–H groups in total. The van der Waals surface area contributed by atoms with Crippen LogP contribution in [0.4, 0.5) is 16.2 Å². The number of carbonyl (C=O) groups excluding carboxylic acids is 1. The highest BCUT2D eigenvalue weighted by atomic mass is 32.2. The number of rotatable bonds is 3. The highest BCUT2D eigenvalue weighted by molar-refractivity contribution is 7.84. The largest absolute Gasteiger partial charge is 0.326 e. The quantitative estimate of drug-likeness (QED) is 0.898. The van der Waals surface area contributed by atoms with Gasteiger partial charge in [0.05, 0.1) is 21.4 Å². The smallest absolute Gasteiger partial charge is 0.308 e. The Bertz CT molecular complexity index is 752. The summed E-state index contributed by atoms with van der Waals surface area (Å²) in [7, 11) is 0.517. The lowest BCUT2D eigenvalue weighted by Crippen LogP contribution is -2.34. The first-order chi connectivity index (χ1) is 11.2. The van der Waals surface area contributed by atoms with Crippen molar-refractivity contribution in [3.8, 4) is 0 Å². The number of amides is 2. The molecule has 0 saturated carbocycles. The van der Waals surface area contributed by atoms with Gasteiger partial charge in [0, 0.05) is 19.0 Å². The van der Waals surface area contributed by atoms with E-state index in [1.165, 1.54) is 0 Å². The molecule has 0 aliphatic carbocycles. The van der Waals surface area contributed by atoms with Gasteiger partial charge in [-0.3, -0.25) is 9.11 Å². The molecule has 2 aromatic carbocycles. The first-order valence-corrected chi connectivity index (χ1v) is 9.34. The molecule has 2 amide bonds. The molecule has 2 rings (SSSR count). The Morgan fingerprint density at radius 3 is 2.21 bits per heavy atom. The van der Waals surface area contributed by atoms with Gasteiger partial charge in [0.2, 0.25) is 0 Å². The number of nitrogens with zero attached hydrogens (tertiary/aromatic N) is 1. The monoisotopic (exact) mass is 344 g/mol. The molecular formula is C19H24N2O2S. The number of benzene rings is 2. The zero-order valence-corrected chi connectivity index (χ0v) is 15.6. The second kappa shape index (κ2) is 7.18. The van der Waals surface area contributed by atoms with Crippen LogP contribution in [-0.4, -0.2) is 23.5 Å². The van der Waals surface area contributed by atoms with Gasteiger partial charge < -0.3 is 5.32 Å². The van der Waals surface area contributed by atoms with Crippen LogP contribution in [0.2, 0.25) is 0 Å². The van der Waals surface area contributed by atoms with Crippen molar-refractivity contribution in [2.24, 2.45) is 0 Å². The maximum Gasteiger partial charge on any atom is 0.326 e. The molecule has 0 aromatic heterocycles. The normalized spacial score (nSPS) is 12.5. The van der Waals surface area contributed by atoms with E-state index in [0.29, 0.717) is 10.6 Å². The SMILES string of the molecule is CN(C(=O)Nc1ccccc1)c1c([S@@](C)=O)cccc1C(C)(C)C. The highest BCUT2D eigenvalue weighted by Crippen LogP contribution is 2.36. The van der Waals surface area contributed by atoms with Crippen molar-refractivity contribution >= 4 is 28.2 Å². The van der Waals surface area contributed by atoms with Gasteiger partial charge >= 0.3 is 6.03 Å². The minimum atomic E-state index is -1.19. The van der Waals surface area contributed by atoms with Crippen molar-refractivity contribution in [2.75, 3.05) is 23.5 Å². The summed E-state index contributed by atoms with van der Waals surface area (Å²) < 4.78 is 12.2. The van der Waals surface area contributed by atoms with Gasteiger partial charge in [0.25, 0.3) is 0 Å². The van der Waals surface area contributed by atoms with Crippen molar-refractivity contribution in [3.63, 3.8) is 0 Å². The van der Waals surface area contributed by atoms with Crippen molar-refractivity contribution in [1.82, 2.24) is 0 Å². The third-order valence-corrected chi connectivity index (χ3v) is 4.73. The Balaban J connectivity index is 2.45. The standard InChI is InChI=1S/C19H24N2O2S/c1-19(2,3)15-12-9-13-16(24(5)23)17(15)21(4)18(22)20-14-10-7-6-8-11-14/h6-13H,1-5H3,(H,20,22)/t24-/m1/s1. The Kier molecular flexibility index (Phi) is 5.44. The average molecular weight is 344 g/mol. The molecule has 0 unspecified atom stereocenters. The summed E-state index contributed by atoms with van der Waals surface area (Å²) in [5.74, 6) is 0. The molecule has 1 atom stereocenters. The van der Waals surface area contributed by atoms with Gasteiger partial charge in [-0.2, -0.15) is 0 Å². The third kappa shape index (κ3) is 4.03. The molecule has 128 valence electrons. The van der Waals surface area contributed by atoms with Gasteiger partial charge in [0.1, 0.15) is 0 Å². The maximum absolute atomic E-state index is 12.7. The summed E-state index contributed by atoms with van der Waals surface area (Å²) in [5.41, 5.74) is 2.24. The van der Waals surface area contributed by atoms with Gasteiger partial charge in [-0.05, 0) is 29.2 Å². The van der Waals surface area contributed by atoms with Gasteiger partial charge in [0.15, 0.2) is 0 Å². The van der Waals surface area contributed by atoms with E-state index in [-0.39, 0.29) is 11.4 Å². The number of anilines is 2. The first kappa shape index (κ1) is 18.2. The number of hydrogen-bond donors (Lipinski definition) is 1. The number of hydrogen-bond acceptors (Lipinski definition) is 2. The number of para-hydroxylation sites is 2. The lowest BCUT2D eigenvalue weighted by Gasteiger charge is -2.29. The summed E-state index contributed by atoms with van der Waals surface area (Å²) in [4.78, 5) is 14.9. The maximum atomic E-state index is 12.7. The molecule has 0 radical (unpaired) electrons. The number of carbonyl (C=O) groups is 1. The lowest BCUT2D eigenvalue weighted by molar-refractivity contribution is 0.258. The molecule has 4 nitrogen and oxygen atoms in total. The summed E-state index contributed by atoms with van der Waals surface area (Å²) in [6.45, 7) is 6.24. The van der Waals surface area contributed by atoms with E-state index in [2.05, 4.69) is 26.1 Å². The fraction of sp³-hybridized carbons (Fsp3) is 0.316. The van der Waals surface area contributed by atoms with Crippen LogP contribution in [0, 0.1) is 0 Å². The highest BCUT2D eigenvalue weighted by Gasteiger charge is 2.26. The fourth-order valence-corrected chi connectivity index (χ4v) is 3.33. The Morgan fingerprint density at radius 1 is 1.04 bits per heavy atom. The summed E-state index contributed by atoms with van der Waals surface area (Å²) in [6.07, 6.45) is 1.63. The molecule has 5 heteroatoms. The summed E-state index contributed by atoms with van der Waals surface area (Å²) in [6, 6.07) is 14.7. The topological polar surface area (TPSA) is 49.4 Å². The Labute approximate surface area is 146 Å². The van der Waals surface area contributed by atoms with E-state index in [9.17, 15) is 9.00 Å². The number of nitrogens with one attached hydrogen (secondary N) is 1. The third-order valence-electron chi connectivity index (χ3n) is 3.78. The molecule has 0 aliphatic rings. The van der Waals surface area contributed by atoms with E-state index in [1.807, 2.05) is 48.5 Å². The average Bonchev–Trinajstić information content (AvgIpc) is 2.53. The predicted molar refractivity (Wildman–Crippen MR) is 101 cm³/mol. The summed E-state index contributed by atoms with van der Waals surface area (Å²) in [5, 5.41) is 2.87. The van der Waals surface area contributed by atoms with Crippen molar-refractivity contribution < 1.29 is 9.00 Å². The van der Waals surface area contributed by atoms with Crippen LogP contribution in [0.5, 0.6) is 0 Å². The van der Waals surface area contributed by atoms with E-state index in [4.69, 9.17) is 0 Å². The van der Waals surface area contributed by atoms with E-state index < -0.39 is 10.8 Å². The molecule has 0 saturated heterocycles. The molecule has 24 heavy (non-hydrogen) atoms. The number of urea groups is 1. The molecular weight excluding hydrogens is 320 g/mol. The fourth-order valence-electron chi connectivity index (χ4n) is 2.54. The van der Waals surface area contributed by atoms with Crippen LogP contribution < -0.4 is 10.2 Å². The molecule has 0 fully saturated rings. The zero-order chi connectivity index (χ0) is 17.9. The van der Waals surface area contributed by atoms with Crippen LogP contribution in [0.25, 0.3) is 0 Å². The molecule has 0 spiro atoms. The van der Waals surface area contributed by atoms with Gasteiger partial charge in [-0.15, -0.1) is 0 Å². The minimum Gasteiger partial charge on any atom is -0.308 e. The molecule has 0 aliphatic heterocycles. The van der Waals surface area contributed by atoms with E-state index >= 15 is 0 Å². The van der Waals surface area contributed by atoms with Gasteiger partial charge in [-0.1, -0.05) is 51.1 Å². The summed E-state index contributed by atoms with van der Waals surface area (Å²) >= 11 is 0. The minimum absolute atomic E-state index is 0.175. The van der Waals surface area contributed by atoms with Gasteiger partial charge in [-0.25, -0.2) is 4.79 Å².